The van der Waals surface area contributed by atoms with Crippen LogP contribution in [0.1, 0.15) is 25.7 Å². The van der Waals surface area contributed by atoms with Crippen LogP contribution in [-0.2, 0) is 14.3 Å². The number of nitrogens with zero attached hydrogens (tertiary/aromatic N) is 1. The molecule has 1 spiro atoms. The second kappa shape index (κ2) is 7.49. The quantitative estimate of drug-likeness (QED) is 0.846. The van der Waals surface area contributed by atoms with Crippen LogP contribution in [0.3, 0.4) is 0 Å². The Hall–Kier alpha value is -1.66. The van der Waals surface area contributed by atoms with Gasteiger partial charge in [-0.15, -0.1) is 0 Å². The van der Waals surface area contributed by atoms with Crippen LogP contribution >= 0.6 is 0 Å². The molecule has 0 aliphatic carbocycles. The predicted octanol–water partition coefficient (Wildman–Crippen LogP) is 2.39. The monoisotopic (exact) mass is 337 g/mol. The van der Waals surface area contributed by atoms with Gasteiger partial charge in [0.1, 0.15) is 11.6 Å². The van der Waals surface area contributed by atoms with Gasteiger partial charge in [0.25, 0.3) is 5.91 Å². The summed E-state index contributed by atoms with van der Waals surface area (Å²) < 4.78 is 30.2. The zero-order valence-corrected chi connectivity index (χ0v) is 14.0. The van der Waals surface area contributed by atoms with E-state index in [1.165, 1.54) is 12.1 Å². The molecule has 2 aliphatic heterocycles. The van der Waals surface area contributed by atoms with Crippen molar-refractivity contribution < 1.29 is 23.4 Å². The van der Waals surface area contributed by atoms with Crippen LogP contribution in [0.15, 0.2) is 24.3 Å². The van der Waals surface area contributed by atoms with Gasteiger partial charge >= 0.3 is 0 Å². The van der Waals surface area contributed by atoms with Crippen molar-refractivity contribution in [3.63, 3.8) is 0 Å². The SMILES string of the molecule is COC1CCCOC12CCN(C(=O)COc1cccc(F)c1)CC2. The molecular formula is C18H24FNO4. The van der Waals surface area contributed by atoms with Gasteiger partial charge in [-0.1, -0.05) is 6.07 Å². The summed E-state index contributed by atoms with van der Waals surface area (Å²) in [7, 11) is 1.73. The number of benzene rings is 1. The fourth-order valence-corrected chi connectivity index (χ4v) is 3.63. The summed E-state index contributed by atoms with van der Waals surface area (Å²) in [5.41, 5.74) is -0.257. The molecule has 0 aromatic heterocycles. The molecule has 2 heterocycles. The zero-order valence-electron chi connectivity index (χ0n) is 14.0. The Balaban J connectivity index is 1.51. The van der Waals surface area contributed by atoms with E-state index in [9.17, 15) is 9.18 Å². The Kier molecular flexibility index (Phi) is 5.36. The molecule has 2 aliphatic rings. The van der Waals surface area contributed by atoms with Gasteiger partial charge in [-0.05, 0) is 37.8 Å². The lowest BCUT2D eigenvalue weighted by molar-refractivity contribution is -0.188. The van der Waals surface area contributed by atoms with Crippen molar-refractivity contribution in [2.24, 2.45) is 0 Å². The molecule has 0 N–H and O–H groups in total. The number of likely N-dealkylation sites (tertiary alicyclic amines) is 1. The molecule has 1 amide bonds. The smallest absolute Gasteiger partial charge is 0.260 e. The van der Waals surface area contributed by atoms with E-state index < -0.39 is 0 Å². The van der Waals surface area contributed by atoms with Crippen LogP contribution in [0.2, 0.25) is 0 Å². The minimum Gasteiger partial charge on any atom is -0.484 e. The van der Waals surface area contributed by atoms with Crippen LogP contribution in [0, 0.1) is 5.82 Å². The van der Waals surface area contributed by atoms with E-state index >= 15 is 0 Å². The molecule has 2 fully saturated rings. The van der Waals surface area contributed by atoms with Gasteiger partial charge in [0.2, 0.25) is 0 Å². The molecule has 1 unspecified atom stereocenters. The van der Waals surface area contributed by atoms with Crippen molar-refractivity contribution in [1.29, 1.82) is 0 Å². The second-order valence-electron chi connectivity index (χ2n) is 6.41. The Morgan fingerprint density at radius 3 is 2.92 bits per heavy atom. The zero-order chi connectivity index (χ0) is 17.0. The van der Waals surface area contributed by atoms with Crippen molar-refractivity contribution in [3.05, 3.63) is 30.1 Å². The van der Waals surface area contributed by atoms with Crippen molar-refractivity contribution in [2.45, 2.75) is 37.4 Å². The van der Waals surface area contributed by atoms with Crippen molar-refractivity contribution >= 4 is 5.91 Å². The highest BCUT2D eigenvalue weighted by molar-refractivity contribution is 5.77. The first-order valence-corrected chi connectivity index (χ1v) is 8.46. The number of piperidine rings is 1. The van der Waals surface area contributed by atoms with Crippen LogP contribution in [-0.4, -0.2) is 55.9 Å². The highest BCUT2D eigenvalue weighted by atomic mass is 19.1. The predicted molar refractivity (Wildman–Crippen MR) is 86.4 cm³/mol. The van der Waals surface area contributed by atoms with Crippen LogP contribution in [0.4, 0.5) is 4.39 Å². The molecule has 1 aromatic carbocycles. The first-order valence-electron chi connectivity index (χ1n) is 8.46. The van der Waals surface area contributed by atoms with Crippen LogP contribution in [0.5, 0.6) is 5.75 Å². The molecule has 2 saturated heterocycles. The average molecular weight is 337 g/mol. The number of rotatable bonds is 4. The number of amides is 1. The van der Waals surface area contributed by atoms with E-state index in [1.807, 2.05) is 0 Å². The van der Waals surface area contributed by atoms with Gasteiger partial charge in [-0.25, -0.2) is 4.39 Å². The summed E-state index contributed by atoms with van der Waals surface area (Å²) in [5, 5.41) is 0. The summed E-state index contributed by atoms with van der Waals surface area (Å²) in [4.78, 5) is 14.1. The number of ether oxygens (including phenoxy) is 3. The minimum atomic E-state index is -0.375. The van der Waals surface area contributed by atoms with Gasteiger partial charge in [-0.2, -0.15) is 0 Å². The van der Waals surface area contributed by atoms with E-state index in [2.05, 4.69) is 0 Å². The molecule has 132 valence electrons. The summed E-state index contributed by atoms with van der Waals surface area (Å²) >= 11 is 0. The summed E-state index contributed by atoms with van der Waals surface area (Å²) in [6.45, 7) is 1.94. The molecular weight excluding hydrogens is 313 g/mol. The van der Waals surface area contributed by atoms with E-state index in [4.69, 9.17) is 14.2 Å². The lowest BCUT2D eigenvalue weighted by Crippen LogP contribution is -2.57. The molecule has 24 heavy (non-hydrogen) atoms. The standard InChI is InChI=1S/C18H24FNO4/c1-22-16-6-3-11-24-18(16)7-9-20(10-8-18)17(21)13-23-15-5-2-4-14(19)12-15/h2,4-5,12,16H,3,6-11,13H2,1H3. The summed E-state index contributed by atoms with van der Waals surface area (Å²) in [5.74, 6) is -0.0919. The Labute approximate surface area is 141 Å². The van der Waals surface area contributed by atoms with Crippen molar-refractivity contribution in [1.82, 2.24) is 4.90 Å². The minimum absolute atomic E-state index is 0.0784. The maximum atomic E-state index is 13.1. The first kappa shape index (κ1) is 17.2. The van der Waals surface area contributed by atoms with Gasteiger partial charge in [-0.3, -0.25) is 4.79 Å². The van der Waals surface area contributed by atoms with Crippen molar-refractivity contribution in [3.8, 4) is 5.75 Å². The largest absolute Gasteiger partial charge is 0.484 e. The molecule has 0 radical (unpaired) electrons. The number of carbonyl (C=O) groups excluding carboxylic acids is 1. The summed E-state index contributed by atoms with van der Waals surface area (Å²) in [6.07, 6.45) is 3.68. The normalized spacial score (nSPS) is 23.2. The van der Waals surface area contributed by atoms with Gasteiger partial charge in [0, 0.05) is 32.9 Å². The van der Waals surface area contributed by atoms with Gasteiger partial charge in [0.15, 0.2) is 6.61 Å². The fraction of sp³-hybridized carbons (Fsp3) is 0.611. The highest BCUT2D eigenvalue weighted by Gasteiger charge is 2.45. The molecule has 0 bridgehead atoms. The lowest BCUT2D eigenvalue weighted by Gasteiger charge is -2.47. The maximum Gasteiger partial charge on any atom is 0.260 e. The van der Waals surface area contributed by atoms with Crippen LogP contribution < -0.4 is 4.74 Å². The van der Waals surface area contributed by atoms with E-state index in [1.54, 1.807) is 24.1 Å². The Morgan fingerprint density at radius 2 is 2.21 bits per heavy atom. The third-order valence-corrected chi connectivity index (χ3v) is 4.99. The van der Waals surface area contributed by atoms with E-state index in [-0.39, 0.29) is 30.0 Å². The molecule has 1 aromatic rings. The van der Waals surface area contributed by atoms with Gasteiger partial charge < -0.3 is 19.1 Å². The fourth-order valence-electron chi connectivity index (χ4n) is 3.63. The lowest BCUT2D eigenvalue weighted by atomic mass is 9.82. The average Bonchev–Trinajstić information content (AvgIpc) is 2.61. The number of hydrogen-bond donors (Lipinski definition) is 0. The van der Waals surface area contributed by atoms with E-state index in [0.29, 0.717) is 18.8 Å². The third-order valence-electron chi connectivity index (χ3n) is 4.99. The Morgan fingerprint density at radius 1 is 1.42 bits per heavy atom. The van der Waals surface area contributed by atoms with Crippen LogP contribution in [0.25, 0.3) is 0 Å². The third kappa shape index (κ3) is 3.70. The molecule has 3 rings (SSSR count). The number of methoxy groups -OCH3 is 1. The highest BCUT2D eigenvalue weighted by Crippen LogP contribution is 2.36. The topological polar surface area (TPSA) is 48.0 Å². The molecule has 1 atom stereocenters. The number of carbonyl (C=O) groups is 1. The second-order valence-corrected chi connectivity index (χ2v) is 6.41. The summed E-state index contributed by atoms with van der Waals surface area (Å²) in [6, 6.07) is 5.82. The molecule has 0 saturated carbocycles. The molecule has 6 heteroatoms. The maximum absolute atomic E-state index is 13.1. The number of halogens is 1. The van der Waals surface area contributed by atoms with E-state index in [0.717, 1.165) is 32.3 Å². The number of hydrogen-bond acceptors (Lipinski definition) is 4. The Bertz CT molecular complexity index is 572. The molecule has 5 nitrogen and oxygen atoms in total. The van der Waals surface area contributed by atoms with Crippen molar-refractivity contribution in [2.75, 3.05) is 33.4 Å². The first-order chi connectivity index (χ1) is 11.6. The van der Waals surface area contributed by atoms with Gasteiger partial charge in [0.05, 0.1) is 11.7 Å².